The summed E-state index contributed by atoms with van der Waals surface area (Å²) >= 11 is 0. The maximum atomic E-state index is 12.3. The van der Waals surface area contributed by atoms with E-state index in [-0.39, 0.29) is 23.2 Å². The first-order valence-electron chi connectivity index (χ1n) is 7.31. The summed E-state index contributed by atoms with van der Waals surface area (Å²) < 4.78 is 36.8. The van der Waals surface area contributed by atoms with Gasteiger partial charge in [0.15, 0.2) is 5.82 Å². The molecule has 2 N–H and O–H groups in total. The number of nitrogens with zero attached hydrogens (tertiary/aromatic N) is 1. The quantitative estimate of drug-likeness (QED) is 0.696. The van der Waals surface area contributed by atoms with Crippen LogP contribution < -0.4 is 10.0 Å². The summed E-state index contributed by atoms with van der Waals surface area (Å²) in [7, 11) is -3.81. The number of carbonyl (C=O) groups excluding carboxylic acids is 1. The fraction of sp³-hybridized carbons (Fsp3) is 0.125. The average molecular weight is 361 g/mol. The van der Waals surface area contributed by atoms with Crippen LogP contribution in [0.4, 0.5) is 5.82 Å². The van der Waals surface area contributed by atoms with Gasteiger partial charge in [0, 0.05) is 11.6 Å². The number of hydrogen-bond acceptors (Lipinski definition) is 6. The predicted molar refractivity (Wildman–Crippen MR) is 88.4 cm³/mol. The lowest BCUT2D eigenvalue weighted by Crippen LogP contribution is -2.22. The molecule has 2 heterocycles. The van der Waals surface area contributed by atoms with Gasteiger partial charge >= 0.3 is 0 Å². The van der Waals surface area contributed by atoms with E-state index >= 15 is 0 Å². The van der Waals surface area contributed by atoms with Gasteiger partial charge in [-0.25, -0.2) is 8.42 Å². The van der Waals surface area contributed by atoms with Crippen LogP contribution in [0.5, 0.6) is 0 Å². The molecule has 0 unspecified atom stereocenters. The zero-order valence-corrected chi connectivity index (χ0v) is 14.0. The lowest BCUT2D eigenvalue weighted by Gasteiger charge is -2.07. The number of amides is 1. The summed E-state index contributed by atoms with van der Waals surface area (Å²) in [4.78, 5) is 12.1. The van der Waals surface area contributed by atoms with Crippen molar-refractivity contribution in [3.8, 4) is 0 Å². The van der Waals surface area contributed by atoms with Gasteiger partial charge in [-0.1, -0.05) is 5.16 Å². The topological polar surface area (TPSA) is 114 Å². The first-order valence-corrected chi connectivity index (χ1v) is 8.79. The third-order valence-corrected chi connectivity index (χ3v) is 4.67. The molecule has 2 aromatic heterocycles. The molecule has 0 aliphatic heterocycles. The highest BCUT2D eigenvalue weighted by atomic mass is 32.2. The lowest BCUT2D eigenvalue weighted by atomic mass is 10.2. The third-order valence-electron chi connectivity index (χ3n) is 3.30. The molecule has 0 aliphatic rings. The number of nitrogens with one attached hydrogen (secondary N) is 2. The fourth-order valence-corrected chi connectivity index (χ4v) is 3.06. The van der Waals surface area contributed by atoms with Gasteiger partial charge in [-0.2, -0.15) is 0 Å². The van der Waals surface area contributed by atoms with Crippen LogP contribution in [0.15, 0.2) is 62.6 Å². The minimum absolute atomic E-state index is 0.00994. The Morgan fingerprint density at radius 1 is 1.20 bits per heavy atom. The predicted octanol–water partition coefficient (Wildman–Crippen LogP) is 2.31. The van der Waals surface area contributed by atoms with Crippen LogP contribution in [0, 0.1) is 6.92 Å². The number of sulfonamides is 1. The zero-order valence-electron chi connectivity index (χ0n) is 13.2. The Morgan fingerprint density at radius 2 is 1.96 bits per heavy atom. The largest absolute Gasteiger partial charge is 0.467 e. The van der Waals surface area contributed by atoms with E-state index in [9.17, 15) is 13.2 Å². The van der Waals surface area contributed by atoms with Crippen LogP contribution in [-0.2, 0) is 16.6 Å². The smallest absolute Gasteiger partial charge is 0.263 e. The highest BCUT2D eigenvalue weighted by Crippen LogP contribution is 2.16. The first kappa shape index (κ1) is 16.8. The molecule has 3 aromatic rings. The maximum Gasteiger partial charge on any atom is 0.263 e. The molecule has 0 radical (unpaired) electrons. The molecule has 0 spiro atoms. The third kappa shape index (κ3) is 4.07. The van der Waals surface area contributed by atoms with Gasteiger partial charge in [0.1, 0.15) is 11.5 Å². The van der Waals surface area contributed by atoms with Crippen LogP contribution in [0.2, 0.25) is 0 Å². The first-order chi connectivity index (χ1) is 11.9. The number of furan rings is 1. The Hall–Kier alpha value is -3.07. The standard InChI is InChI=1S/C16H15N3O5S/c1-11-9-15(18-24-11)19-25(21,22)14-6-4-12(5-7-14)16(20)17-10-13-3-2-8-23-13/h2-9H,10H2,1H3,(H,17,20)(H,18,19). The van der Waals surface area contributed by atoms with Crippen molar-refractivity contribution in [3.05, 3.63) is 65.8 Å². The van der Waals surface area contributed by atoms with Gasteiger partial charge in [0.25, 0.3) is 15.9 Å². The fourth-order valence-electron chi connectivity index (χ4n) is 2.08. The molecular formula is C16H15N3O5S. The number of aryl methyl sites for hydroxylation is 1. The van der Waals surface area contributed by atoms with Crippen molar-refractivity contribution >= 4 is 21.7 Å². The number of hydrogen-bond donors (Lipinski definition) is 2. The summed E-state index contributed by atoms with van der Waals surface area (Å²) in [5, 5.41) is 6.26. The van der Waals surface area contributed by atoms with E-state index in [2.05, 4.69) is 15.2 Å². The Balaban J connectivity index is 1.67. The van der Waals surface area contributed by atoms with Crippen molar-refractivity contribution in [2.24, 2.45) is 0 Å². The number of aromatic nitrogens is 1. The minimum atomic E-state index is -3.81. The summed E-state index contributed by atoms with van der Waals surface area (Å²) in [5.74, 6) is 0.874. The molecule has 0 saturated carbocycles. The van der Waals surface area contributed by atoms with Crippen LogP contribution in [0.3, 0.4) is 0 Å². The Bertz CT molecular complexity index is 960. The van der Waals surface area contributed by atoms with E-state index in [1.165, 1.54) is 36.6 Å². The molecule has 0 atom stereocenters. The van der Waals surface area contributed by atoms with E-state index < -0.39 is 10.0 Å². The monoisotopic (exact) mass is 361 g/mol. The van der Waals surface area contributed by atoms with Crippen molar-refractivity contribution < 1.29 is 22.2 Å². The van der Waals surface area contributed by atoms with Gasteiger partial charge in [0.05, 0.1) is 17.7 Å². The van der Waals surface area contributed by atoms with Gasteiger partial charge in [-0.3, -0.25) is 9.52 Å². The lowest BCUT2D eigenvalue weighted by molar-refractivity contribution is 0.0948. The molecule has 0 aliphatic carbocycles. The zero-order chi connectivity index (χ0) is 17.9. The maximum absolute atomic E-state index is 12.3. The summed E-state index contributed by atoms with van der Waals surface area (Å²) in [6, 6.07) is 10.5. The van der Waals surface area contributed by atoms with E-state index in [4.69, 9.17) is 8.94 Å². The van der Waals surface area contributed by atoms with Gasteiger partial charge in [-0.05, 0) is 43.3 Å². The minimum Gasteiger partial charge on any atom is -0.467 e. The highest BCUT2D eigenvalue weighted by Gasteiger charge is 2.17. The SMILES string of the molecule is Cc1cc(NS(=O)(=O)c2ccc(C(=O)NCc3ccco3)cc2)no1. The highest BCUT2D eigenvalue weighted by molar-refractivity contribution is 7.92. The summed E-state index contributed by atoms with van der Waals surface area (Å²) in [6.07, 6.45) is 1.52. The Morgan fingerprint density at radius 3 is 2.56 bits per heavy atom. The molecule has 1 amide bonds. The molecule has 130 valence electrons. The molecule has 8 nitrogen and oxygen atoms in total. The molecule has 0 bridgehead atoms. The summed E-state index contributed by atoms with van der Waals surface area (Å²) in [6.45, 7) is 1.90. The Kier molecular flexibility index (Phi) is 4.57. The average Bonchev–Trinajstić information content (AvgIpc) is 3.24. The number of anilines is 1. The molecule has 3 rings (SSSR count). The van der Waals surface area contributed by atoms with E-state index in [0.717, 1.165) is 0 Å². The van der Waals surface area contributed by atoms with E-state index in [1.54, 1.807) is 19.1 Å². The molecule has 1 aromatic carbocycles. The second-order valence-electron chi connectivity index (χ2n) is 5.21. The molecular weight excluding hydrogens is 346 g/mol. The van der Waals surface area contributed by atoms with Gasteiger partial charge in [-0.15, -0.1) is 0 Å². The number of benzene rings is 1. The van der Waals surface area contributed by atoms with Crippen LogP contribution >= 0.6 is 0 Å². The molecule has 25 heavy (non-hydrogen) atoms. The van der Waals surface area contributed by atoms with Crippen molar-refractivity contribution in [2.75, 3.05) is 4.72 Å². The second kappa shape index (κ2) is 6.81. The number of rotatable bonds is 6. The van der Waals surface area contributed by atoms with E-state index in [0.29, 0.717) is 17.1 Å². The number of carbonyl (C=O) groups is 1. The van der Waals surface area contributed by atoms with Gasteiger partial charge in [0.2, 0.25) is 0 Å². The van der Waals surface area contributed by atoms with E-state index in [1.807, 2.05) is 0 Å². The summed E-state index contributed by atoms with van der Waals surface area (Å²) in [5.41, 5.74) is 0.336. The van der Waals surface area contributed by atoms with Crippen LogP contribution in [-0.4, -0.2) is 19.5 Å². The van der Waals surface area contributed by atoms with Crippen molar-refractivity contribution in [1.82, 2.24) is 10.5 Å². The molecule has 0 fully saturated rings. The van der Waals surface area contributed by atoms with Crippen molar-refractivity contribution in [2.45, 2.75) is 18.4 Å². The molecule has 0 saturated heterocycles. The normalized spacial score (nSPS) is 11.2. The molecule has 9 heteroatoms. The van der Waals surface area contributed by atoms with Gasteiger partial charge < -0.3 is 14.3 Å². The van der Waals surface area contributed by atoms with Crippen LogP contribution in [0.25, 0.3) is 0 Å². The van der Waals surface area contributed by atoms with Crippen molar-refractivity contribution in [1.29, 1.82) is 0 Å². The Labute approximate surface area is 143 Å². The second-order valence-corrected chi connectivity index (χ2v) is 6.90. The van der Waals surface area contributed by atoms with Crippen molar-refractivity contribution in [3.63, 3.8) is 0 Å². The van der Waals surface area contributed by atoms with Crippen LogP contribution in [0.1, 0.15) is 21.9 Å².